The molecule has 2 aromatic carbocycles. The van der Waals surface area contributed by atoms with Crippen molar-refractivity contribution in [1.29, 1.82) is 0 Å². The molecule has 2 aromatic rings. The number of ether oxygens (including phenoxy) is 2. The number of hydrogen-bond acceptors (Lipinski definition) is 5. The lowest BCUT2D eigenvalue weighted by Crippen LogP contribution is -2.42. The Labute approximate surface area is 152 Å². The van der Waals surface area contributed by atoms with Crippen molar-refractivity contribution in [3.05, 3.63) is 65.4 Å². The van der Waals surface area contributed by atoms with Crippen LogP contribution in [0.4, 0.5) is 5.69 Å². The van der Waals surface area contributed by atoms with Crippen LogP contribution in [0.15, 0.2) is 54.2 Å². The first-order valence-corrected chi connectivity index (χ1v) is 8.37. The lowest BCUT2D eigenvalue weighted by atomic mass is 9.99. The SMILES string of the molecule is Cc1ccc(-c2ccccc2NC=C2C(=O)OC(C)(C)OC2=O)cc1C. The average Bonchev–Trinajstić information content (AvgIpc) is 2.56. The van der Waals surface area contributed by atoms with Crippen LogP contribution in [0.1, 0.15) is 25.0 Å². The zero-order valence-corrected chi connectivity index (χ0v) is 15.3. The number of carbonyl (C=O) groups excluding carboxylic acids is 2. The maximum Gasteiger partial charge on any atom is 0.350 e. The molecule has 0 radical (unpaired) electrons. The van der Waals surface area contributed by atoms with Crippen LogP contribution in [0.5, 0.6) is 0 Å². The summed E-state index contributed by atoms with van der Waals surface area (Å²) in [6.45, 7) is 7.16. The van der Waals surface area contributed by atoms with E-state index in [1.54, 1.807) is 0 Å². The van der Waals surface area contributed by atoms with Gasteiger partial charge in [0, 0.05) is 31.3 Å². The highest BCUT2D eigenvalue weighted by molar-refractivity contribution is 6.15. The van der Waals surface area contributed by atoms with E-state index in [-0.39, 0.29) is 5.57 Å². The van der Waals surface area contributed by atoms with Gasteiger partial charge in [-0.3, -0.25) is 0 Å². The molecule has 134 valence electrons. The van der Waals surface area contributed by atoms with Crippen molar-refractivity contribution in [3.63, 3.8) is 0 Å². The second-order valence-corrected chi connectivity index (χ2v) is 6.73. The minimum atomic E-state index is -1.25. The van der Waals surface area contributed by atoms with Crippen LogP contribution in [-0.2, 0) is 19.1 Å². The Morgan fingerprint density at radius 1 is 0.923 bits per heavy atom. The molecule has 0 spiro atoms. The van der Waals surface area contributed by atoms with E-state index in [9.17, 15) is 9.59 Å². The topological polar surface area (TPSA) is 64.6 Å². The summed E-state index contributed by atoms with van der Waals surface area (Å²) in [6, 6.07) is 13.9. The van der Waals surface area contributed by atoms with E-state index in [2.05, 4.69) is 31.3 Å². The molecule has 0 atom stereocenters. The Bertz CT molecular complexity index is 890. The zero-order valence-electron chi connectivity index (χ0n) is 15.3. The van der Waals surface area contributed by atoms with E-state index in [4.69, 9.17) is 9.47 Å². The van der Waals surface area contributed by atoms with Crippen LogP contribution in [0.2, 0.25) is 0 Å². The lowest BCUT2D eigenvalue weighted by molar-refractivity contribution is -0.222. The van der Waals surface area contributed by atoms with Crippen LogP contribution in [0.3, 0.4) is 0 Å². The third kappa shape index (κ3) is 3.61. The summed E-state index contributed by atoms with van der Waals surface area (Å²) in [5.74, 6) is -2.66. The van der Waals surface area contributed by atoms with E-state index >= 15 is 0 Å². The van der Waals surface area contributed by atoms with Gasteiger partial charge in [0.1, 0.15) is 0 Å². The van der Waals surface area contributed by atoms with Gasteiger partial charge in [0.25, 0.3) is 5.79 Å². The van der Waals surface area contributed by atoms with E-state index in [0.717, 1.165) is 16.8 Å². The molecule has 1 aliphatic heterocycles. The number of cyclic esters (lactones) is 2. The van der Waals surface area contributed by atoms with Crippen LogP contribution in [0, 0.1) is 13.8 Å². The van der Waals surface area contributed by atoms with Gasteiger partial charge in [-0.25, -0.2) is 9.59 Å². The number of para-hydroxylation sites is 1. The summed E-state index contributed by atoms with van der Waals surface area (Å²) in [4.78, 5) is 24.1. The quantitative estimate of drug-likeness (QED) is 0.512. The second-order valence-electron chi connectivity index (χ2n) is 6.73. The van der Waals surface area contributed by atoms with Crippen molar-refractivity contribution in [2.75, 3.05) is 5.32 Å². The fourth-order valence-electron chi connectivity index (χ4n) is 2.70. The van der Waals surface area contributed by atoms with Crippen molar-refractivity contribution >= 4 is 17.6 Å². The van der Waals surface area contributed by atoms with Crippen molar-refractivity contribution in [2.24, 2.45) is 0 Å². The predicted octanol–water partition coefficient (Wildman–Crippen LogP) is 4.10. The van der Waals surface area contributed by atoms with Crippen molar-refractivity contribution < 1.29 is 19.1 Å². The van der Waals surface area contributed by atoms with Crippen LogP contribution in [-0.4, -0.2) is 17.7 Å². The summed E-state index contributed by atoms with van der Waals surface area (Å²) in [5, 5.41) is 3.04. The molecule has 5 nitrogen and oxygen atoms in total. The molecule has 1 saturated heterocycles. The summed E-state index contributed by atoms with van der Waals surface area (Å²) in [6.07, 6.45) is 1.33. The molecule has 0 saturated carbocycles. The van der Waals surface area contributed by atoms with Gasteiger partial charge >= 0.3 is 11.9 Å². The highest BCUT2D eigenvalue weighted by Crippen LogP contribution is 2.30. The Morgan fingerprint density at radius 2 is 1.58 bits per heavy atom. The van der Waals surface area contributed by atoms with Gasteiger partial charge in [-0.2, -0.15) is 0 Å². The molecule has 0 unspecified atom stereocenters. The molecular weight excluding hydrogens is 330 g/mol. The monoisotopic (exact) mass is 351 g/mol. The van der Waals surface area contributed by atoms with Crippen molar-refractivity contribution in [1.82, 2.24) is 0 Å². The number of aryl methyl sites for hydroxylation is 2. The van der Waals surface area contributed by atoms with E-state index in [1.165, 1.54) is 31.2 Å². The molecule has 0 amide bonds. The molecule has 5 heteroatoms. The summed E-state index contributed by atoms with van der Waals surface area (Å²) in [5.41, 5.74) is 5.02. The fourth-order valence-corrected chi connectivity index (χ4v) is 2.70. The Hall–Kier alpha value is -3.08. The Balaban J connectivity index is 1.91. The smallest absolute Gasteiger partial charge is 0.350 e. The van der Waals surface area contributed by atoms with Crippen molar-refractivity contribution in [2.45, 2.75) is 33.5 Å². The fraction of sp³-hybridized carbons (Fsp3) is 0.238. The van der Waals surface area contributed by atoms with Crippen LogP contribution >= 0.6 is 0 Å². The van der Waals surface area contributed by atoms with Gasteiger partial charge in [0.15, 0.2) is 5.57 Å². The standard InChI is InChI=1S/C21H21NO4/c1-13-9-10-15(11-14(13)2)16-7-5-6-8-18(16)22-12-17-19(23)25-21(3,4)26-20(17)24/h5-12,22H,1-4H3. The minimum Gasteiger partial charge on any atom is -0.419 e. The molecular formula is C21H21NO4. The number of hydrogen-bond donors (Lipinski definition) is 1. The van der Waals surface area contributed by atoms with Gasteiger partial charge in [0.05, 0.1) is 0 Å². The summed E-state index contributed by atoms with van der Waals surface area (Å²) >= 11 is 0. The van der Waals surface area contributed by atoms with Gasteiger partial charge in [0.2, 0.25) is 0 Å². The molecule has 3 rings (SSSR count). The number of esters is 2. The zero-order chi connectivity index (χ0) is 18.9. The summed E-state index contributed by atoms with van der Waals surface area (Å²) in [7, 11) is 0. The number of carbonyl (C=O) groups is 2. The lowest BCUT2D eigenvalue weighted by Gasteiger charge is -2.29. The first-order valence-electron chi connectivity index (χ1n) is 8.37. The Morgan fingerprint density at radius 3 is 2.23 bits per heavy atom. The molecule has 1 heterocycles. The Kier molecular flexibility index (Phi) is 4.55. The van der Waals surface area contributed by atoms with Gasteiger partial charge in [-0.05, 0) is 36.6 Å². The maximum atomic E-state index is 12.0. The van der Waals surface area contributed by atoms with Gasteiger partial charge < -0.3 is 14.8 Å². The molecule has 1 N–H and O–H groups in total. The highest BCUT2D eigenvalue weighted by atomic mass is 16.7. The van der Waals surface area contributed by atoms with E-state index in [1.807, 2.05) is 30.3 Å². The molecule has 26 heavy (non-hydrogen) atoms. The minimum absolute atomic E-state index is 0.167. The molecule has 1 fully saturated rings. The molecule has 0 bridgehead atoms. The summed E-state index contributed by atoms with van der Waals surface area (Å²) < 4.78 is 10.2. The maximum absolute atomic E-state index is 12.0. The first kappa shape index (κ1) is 17.7. The number of anilines is 1. The van der Waals surface area contributed by atoms with E-state index < -0.39 is 17.7 Å². The van der Waals surface area contributed by atoms with E-state index in [0.29, 0.717) is 0 Å². The first-order chi connectivity index (χ1) is 12.3. The van der Waals surface area contributed by atoms with Crippen molar-refractivity contribution in [3.8, 4) is 11.1 Å². The predicted molar refractivity (Wildman–Crippen MR) is 99.3 cm³/mol. The number of rotatable bonds is 3. The van der Waals surface area contributed by atoms with Crippen LogP contribution < -0.4 is 5.32 Å². The third-order valence-electron chi connectivity index (χ3n) is 4.23. The van der Waals surface area contributed by atoms with Crippen LogP contribution in [0.25, 0.3) is 11.1 Å². The number of benzene rings is 2. The second kappa shape index (κ2) is 6.67. The largest absolute Gasteiger partial charge is 0.419 e. The average molecular weight is 351 g/mol. The van der Waals surface area contributed by atoms with Gasteiger partial charge in [-0.15, -0.1) is 0 Å². The highest BCUT2D eigenvalue weighted by Gasteiger charge is 2.38. The molecule has 0 aromatic heterocycles. The number of nitrogens with one attached hydrogen (secondary N) is 1. The molecule has 1 aliphatic rings. The van der Waals surface area contributed by atoms with Gasteiger partial charge in [-0.1, -0.05) is 36.4 Å². The molecule has 0 aliphatic carbocycles. The third-order valence-corrected chi connectivity index (χ3v) is 4.23. The normalized spacial score (nSPS) is 15.9.